The first kappa shape index (κ1) is 33.1. The number of hydrogen-bond donors (Lipinski definition) is 6. The molecule has 232 valence electrons. The number of rotatable bonds is 8. The number of thiophene rings is 1. The molecule has 0 aliphatic carbocycles. The van der Waals surface area contributed by atoms with Gasteiger partial charge < -0.3 is 21.5 Å². The predicted octanol–water partition coefficient (Wildman–Crippen LogP) is 4.56. The molecule has 11 nitrogen and oxygen atoms in total. The van der Waals surface area contributed by atoms with Crippen LogP contribution in [-0.4, -0.2) is 59.4 Å². The summed E-state index contributed by atoms with van der Waals surface area (Å²) in [5.41, 5.74) is 9.02. The summed E-state index contributed by atoms with van der Waals surface area (Å²) in [6, 6.07) is 10.6. The fourth-order valence-corrected chi connectivity index (χ4v) is 6.08. The number of carboxylic acids is 1. The molecular formula is C32H32ClN7O4S. The average molecular weight is 646 g/mol. The summed E-state index contributed by atoms with van der Waals surface area (Å²) in [6.45, 7) is 5.63. The van der Waals surface area contributed by atoms with Gasteiger partial charge in [0, 0.05) is 45.2 Å². The third-order valence-corrected chi connectivity index (χ3v) is 8.46. The fraction of sp³-hybridized carbons (Fsp3) is 0.250. The first-order chi connectivity index (χ1) is 21.4. The summed E-state index contributed by atoms with van der Waals surface area (Å²) in [4.78, 5) is 44.7. The number of aromatic carboxylic acids is 1. The number of aliphatic imine (C=N–C) groups is 1. The quantitative estimate of drug-likeness (QED) is 0.118. The summed E-state index contributed by atoms with van der Waals surface area (Å²) < 4.78 is 0. The van der Waals surface area contributed by atoms with Crippen LogP contribution in [0, 0.1) is 36.5 Å². The number of benzene rings is 2. The highest BCUT2D eigenvalue weighted by Crippen LogP contribution is 2.40. The third-order valence-electron chi connectivity index (χ3n) is 7.01. The van der Waals surface area contributed by atoms with E-state index < -0.39 is 23.8 Å². The molecule has 1 aliphatic heterocycles. The summed E-state index contributed by atoms with van der Waals surface area (Å²) in [5, 5.41) is 33.6. The van der Waals surface area contributed by atoms with E-state index in [0.717, 1.165) is 21.6 Å². The second-order valence-electron chi connectivity index (χ2n) is 10.2. The lowest BCUT2D eigenvalue weighted by atomic mass is 9.99. The van der Waals surface area contributed by atoms with Gasteiger partial charge in [-0.2, -0.15) is 0 Å². The van der Waals surface area contributed by atoms with Gasteiger partial charge in [0.05, 0.1) is 24.2 Å². The molecule has 45 heavy (non-hydrogen) atoms. The number of halogens is 1. The van der Waals surface area contributed by atoms with E-state index in [-0.39, 0.29) is 54.4 Å². The number of amidine groups is 2. The lowest BCUT2D eigenvalue weighted by Gasteiger charge is -2.24. The molecule has 0 bridgehead atoms. The van der Waals surface area contributed by atoms with Crippen LogP contribution in [0.25, 0.3) is 0 Å². The Morgan fingerprint density at radius 3 is 2.51 bits per heavy atom. The number of nitrogens with one attached hydrogen (secondary N) is 4. The van der Waals surface area contributed by atoms with Crippen molar-refractivity contribution in [2.75, 3.05) is 23.3 Å². The first-order valence-corrected chi connectivity index (χ1v) is 15.1. The van der Waals surface area contributed by atoms with Gasteiger partial charge in [-0.15, -0.1) is 11.3 Å². The number of nitrogens with zero attached hydrogens (tertiary/aromatic N) is 2. The molecule has 2 amide bonds. The highest BCUT2D eigenvalue weighted by Gasteiger charge is 2.34. The van der Waals surface area contributed by atoms with E-state index in [2.05, 4.69) is 22.5 Å². The smallest absolute Gasteiger partial charge is 0.337 e. The minimum atomic E-state index is -1.19. The molecule has 0 saturated heterocycles. The zero-order chi connectivity index (χ0) is 32.8. The monoisotopic (exact) mass is 645 g/mol. The van der Waals surface area contributed by atoms with Gasteiger partial charge in [-0.25, -0.2) is 4.79 Å². The van der Waals surface area contributed by atoms with Gasteiger partial charge in [-0.05, 0) is 56.7 Å². The zero-order valence-electron chi connectivity index (χ0n) is 24.9. The molecule has 4 rings (SSSR count). The van der Waals surface area contributed by atoms with Crippen molar-refractivity contribution in [3.63, 3.8) is 0 Å². The van der Waals surface area contributed by atoms with Crippen molar-refractivity contribution in [2.24, 2.45) is 10.7 Å². The number of fused-ring (bicyclic) bond motifs is 1. The maximum Gasteiger partial charge on any atom is 0.337 e. The molecular weight excluding hydrogens is 614 g/mol. The molecule has 3 aromatic rings. The van der Waals surface area contributed by atoms with E-state index in [1.807, 2.05) is 26.0 Å². The van der Waals surface area contributed by atoms with Gasteiger partial charge in [0.1, 0.15) is 22.7 Å². The molecule has 0 unspecified atom stereocenters. The molecule has 0 fully saturated rings. The van der Waals surface area contributed by atoms with E-state index in [9.17, 15) is 19.5 Å². The number of amides is 2. The number of carbonyl (C=O) groups excluding carboxylic acids is 2. The summed E-state index contributed by atoms with van der Waals surface area (Å²) in [6.07, 6.45) is -0.257. The number of hydrogen-bond acceptors (Lipinski definition) is 8. The Balaban J connectivity index is 1.48. The lowest BCUT2D eigenvalue weighted by Crippen LogP contribution is -2.42. The highest BCUT2D eigenvalue weighted by molar-refractivity contribution is 7.17. The number of aryl methyl sites for hydroxylation is 1. The van der Waals surface area contributed by atoms with Crippen LogP contribution in [0.1, 0.15) is 57.3 Å². The van der Waals surface area contributed by atoms with Crippen molar-refractivity contribution in [1.29, 1.82) is 10.8 Å². The minimum Gasteiger partial charge on any atom is -0.478 e. The van der Waals surface area contributed by atoms with Gasteiger partial charge in [0.15, 0.2) is 0 Å². The molecule has 0 spiro atoms. The molecule has 0 saturated carbocycles. The second-order valence-corrected chi connectivity index (χ2v) is 11.8. The number of anilines is 2. The van der Waals surface area contributed by atoms with E-state index in [0.29, 0.717) is 15.7 Å². The fourth-order valence-electron chi connectivity index (χ4n) is 4.73. The standard InChI is InChI=1S/C32H32ClN7O4S/c1-17-18(2)45-31-28(17)29(21-6-9-22(33)10-7-21)39-25(30(36)40(31)19(3)35)16-27(42)37-14-12-26(41)38-23-11-8-20(5-4-13-34)24(15-23)32(43)44/h6-11,15,25,35-36H,12-14,16,34H2,1-3H3,(H,37,42)(H,38,41)(H,43,44)/t25-/m0/s1. The lowest BCUT2D eigenvalue weighted by molar-refractivity contribution is -0.121. The van der Waals surface area contributed by atoms with E-state index in [4.69, 9.17) is 33.1 Å². The van der Waals surface area contributed by atoms with Gasteiger partial charge >= 0.3 is 5.97 Å². The van der Waals surface area contributed by atoms with Crippen LogP contribution in [-0.2, 0) is 9.59 Å². The van der Waals surface area contributed by atoms with Crippen LogP contribution >= 0.6 is 22.9 Å². The maximum atomic E-state index is 13.1. The van der Waals surface area contributed by atoms with Crippen LogP contribution in [0.15, 0.2) is 47.5 Å². The third kappa shape index (κ3) is 7.64. The van der Waals surface area contributed by atoms with Crippen molar-refractivity contribution in [3.8, 4) is 11.8 Å². The van der Waals surface area contributed by atoms with E-state index >= 15 is 0 Å². The molecule has 1 atom stereocenters. The van der Waals surface area contributed by atoms with Gasteiger partial charge in [0.25, 0.3) is 0 Å². The van der Waals surface area contributed by atoms with Crippen molar-refractivity contribution in [2.45, 2.75) is 39.7 Å². The van der Waals surface area contributed by atoms with E-state index in [1.54, 1.807) is 19.1 Å². The Morgan fingerprint density at radius 2 is 1.87 bits per heavy atom. The van der Waals surface area contributed by atoms with Crippen molar-refractivity contribution in [1.82, 2.24) is 5.32 Å². The first-order valence-electron chi connectivity index (χ1n) is 13.9. The molecule has 1 aromatic heterocycles. The SMILES string of the molecule is CC(=N)N1C(=N)[C@H](CC(=O)NCCC(=O)Nc2ccc(C#CCN)c(C(=O)O)c2)N=C(c2ccc(Cl)cc2)c2c1sc(C)c2C. The molecule has 2 heterocycles. The normalized spacial score (nSPS) is 14.0. The van der Waals surface area contributed by atoms with Crippen LogP contribution in [0.3, 0.4) is 0 Å². The molecule has 0 radical (unpaired) electrons. The van der Waals surface area contributed by atoms with Gasteiger partial charge in [-0.1, -0.05) is 35.6 Å². The number of nitrogens with two attached hydrogens (primary N) is 1. The van der Waals surface area contributed by atoms with E-state index in [1.165, 1.54) is 34.4 Å². The van der Waals surface area contributed by atoms with Crippen LogP contribution < -0.4 is 21.3 Å². The minimum absolute atomic E-state index is 0.00325. The molecule has 13 heteroatoms. The maximum absolute atomic E-state index is 13.1. The van der Waals surface area contributed by atoms with Crippen molar-refractivity contribution in [3.05, 3.63) is 80.2 Å². The Bertz CT molecular complexity index is 1790. The molecule has 7 N–H and O–H groups in total. The summed E-state index contributed by atoms with van der Waals surface area (Å²) >= 11 is 7.61. The Labute approximate surface area is 269 Å². The summed E-state index contributed by atoms with van der Waals surface area (Å²) in [7, 11) is 0. The Kier molecular flexibility index (Phi) is 10.5. The van der Waals surface area contributed by atoms with Crippen LogP contribution in [0.4, 0.5) is 10.7 Å². The van der Waals surface area contributed by atoms with Crippen molar-refractivity contribution >= 4 is 68.8 Å². The topological polar surface area (TPSA) is 185 Å². The van der Waals surface area contributed by atoms with Crippen LogP contribution in [0.5, 0.6) is 0 Å². The molecule has 1 aliphatic rings. The van der Waals surface area contributed by atoms with Crippen molar-refractivity contribution < 1.29 is 19.5 Å². The average Bonchev–Trinajstić information content (AvgIpc) is 3.20. The summed E-state index contributed by atoms with van der Waals surface area (Å²) in [5.74, 6) is 3.38. The number of carbonyl (C=O) groups is 3. The van der Waals surface area contributed by atoms with Crippen LogP contribution in [0.2, 0.25) is 5.02 Å². The Morgan fingerprint density at radius 1 is 1.16 bits per heavy atom. The largest absolute Gasteiger partial charge is 0.478 e. The highest BCUT2D eigenvalue weighted by atomic mass is 35.5. The second kappa shape index (κ2) is 14.3. The van der Waals surface area contributed by atoms with Gasteiger partial charge in [-0.3, -0.25) is 30.3 Å². The number of carboxylic acid groups (broad SMARTS) is 1. The predicted molar refractivity (Wildman–Crippen MR) is 178 cm³/mol. The van der Waals surface area contributed by atoms with Gasteiger partial charge in [0.2, 0.25) is 11.8 Å². The Hall–Kier alpha value is -4.83. The molecule has 2 aromatic carbocycles. The zero-order valence-corrected chi connectivity index (χ0v) is 26.4.